The van der Waals surface area contributed by atoms with Gasteiger partial charge in [0.25, 0.3) is 0 Å². The van der Waals surface area contributed by atoms with Crippen LogP contribution in [0.5, 0.6) is 0 Å². The van der Waals surface area contributed by atoms with E-state index in [4.69, 9.17) is 10.5 Å². The first-order chi connectivity index (χ1) is 8.74. The van der Waals surface area contributed by atoms with E-state index >= 15 is 0 Å². The summed E-state index contributed by atoms with van der Waals surface area (Å²) in [5, 5.41) is 3.04. The fraction of sp³-hybridized carbons (Fsp3) is 0.643. The van der Waals surface area contributed by atoms with Gasteiger partial charge in [0, 0.05) is 19.6 Å². The molecule has 4 heteroatoms. The number of hydrogen-bond acceptors (Lipinski definition) is 4. The van der Waals surface area contributed by atoms with Crippen LogP contribution in [0.3, 0.4) is 0 Å². The summed E-state index contributed by atoms with van der Waals surface area (Å²) in [7, 11) is 0. The van der Waals surface area contributed by atoms with Gasteiger partial charge in [0.15, 0.2) is 0 Å². The Morgan fingerprint density at radius 3 is 2.44 bits per heavy atom. The summed E-state index contributed by atoms with van der Waals surface area (Å²) in [6, 6.07) is 0. The smallest absolute Gasteiger partial charge is 0.307 e. The molecule has 0 aromatic heterocycles. The maximum Gasteiger partial charge on any atom is 0.307 e. The summed E-state index contributed by atoms with van der Waals surface area (Å²) in [4.78, 5) is 11.3. The lowest BCUT2D eigenvalue weighted by Gasteiger charge is -2.06. The van der Waals surface area contributed by atoms with Crippen LogP contribution in [0.1, 0.15) is 34.1 Å². The SMILES string of the molecule is C/C=C\C(=C/C)COC(=O)CCNCCN.CC. The number of ether oxygens (including phenoxy) is 1. The molecule has 0 atom stereocenters. The number of carbonyl (C=O) groups is 1. The standard InChI is InChI=1S/C12H22N2O2.C2H6/c1-3-5-11(4-2)10-16-12(15)6-8-14-9-7-13;1-2/h3-5,14H,6-10,13H2,1-2H3;1-2H3/b5-3-,11-4+;. The Morgan fingerprint density at radius 1 is 1.28 bits per heavy atom. The average molecular weight is 256 g/mol. The summed E-state index contributed by atoms with van der Waals surface area (Å²) in [6.07, 6.45) is 6.17. The minimum Gasteiger partial charge on any atom is -0.461 e. The van der Waals surface area contributed by atoms with Crippen molar-refractivity contribution in [1.29, 1.82) is 0 Å². The Labute approximate surface area is 111 Å². The van der Waals surface area contributed by atoms with Crippen molar-refractivity contribution < 1.29 is 9.53 Å². The van der Waals surface area contributed by atoms with E-state index in [1.54, 1.807) is 0 Å². The van der Waals surface area contributed by atoms with Crippen LogP contribution in [0.25, 0.3) is 0 Å². The van der Waals surface area contributed by atoms with Gasteiger partial charge in [0.2, 0.25) is 0 Å². The molecule has 0 unspecified atom stereocenters. The normalized spacial score (nSPS) is 11.1. The second-order valence-corrected chi connectivity index (χ2v) is 3.31. The maximum atomic E-state index is 11.3. The molecule has 0 aromatic carbocycles. The predicted molar refractivity (Wildman–Crippen MR) is 77.4 cm³/mol. The van der Waals surface area contributed by atoms with Crippen LogP contribution in [-0.2, 0) is 9.53 Å². The van der Waals surface area contributed by atoms with Gasteiger partial charge in [-0.05, 0) is 19.4 Å². The van der Waals surface area contributed by atoms with Gasteiger partial charge in [-0.1, -0.05) is 32.1 Å². The maximum absolute atomic E-state index is 11.3. The van der Waals surface area contributed by atoms with Crippen LogP contribution in [0.15, 0.2) is 23.8 Å². The van der Waals surface area contributed by atoms with Crippen LogP contribution in [0.2, 0.25) is 0 Å². The molecule has 0 rings (SSSR count). The van der Waals surface area contributed by atoms with Crippen LogP contribution < -0.4 is 11.1 Å². The van der Waals surface area contributed by atoms with E-state index in [-0.39, 0.29) is 5.97 Å². The van der Waals surface area contributed by atoms with Crippen molar-refractivity contribution in [2.45, 2.75) is 34.1 Å². The van der Waals surface area contributed by atoms with Gasteiger partial charge in [-0.3, -0.25) is 4.79 Å². The Bertz CT molecular complexity index is 248. The van der Waals surface area contributed by atoms with Crippen LogP contribution in [0, 0.1) is 0 Å². The highest BCUT2D eigenvalue weighted by Gasteiger charge is 2.02. The van der Waals surface area contributed by atoms with Crippen molar-refractivity contribution in [3.63, 3.8) is 0 Å². The van der Waals surface area contributed by atoms with E-state index in [2.05, 4.69) is 5.32 Å². The van der Waals surface area contributed by atoms with Gasteiger partial charge in [0.1, 0.15) is 6.61 Å². The quantitative estimate of drug-likeness (QED) is 0.396. The molecule has 0 aliphatic rings. The molecule has 0 bridgehead atoms. The molecule has 0 aliphatic carbocycles. The van der Waals surface area contributed by atoms with Gasteiger partial charge in [-0.15, -0.1) is 0 Å². The minimum absolute atomic E-state index is 0.187. The minimum atomic E-state index is -0.187. The molecule has 18 heavy (non-hydrogen) atoms. The van der Waals surface area contributed by atoms with E-state index in [0.29, 0.717) is 26.1 Å². The number of nitrogens with one attached hydrogen (secondary N) is 1. The van der Waals surface area contributed by atoms with E-state index in [0.717, 1.165) is 12.1 Å². The summed E-state index contributed by atoms with van der Waals surface area (Å²) < 4.78 is 5.10. The Kier molecular flexibility index (Phi) is 16.9. The summed E-state index contributed by atoms with van der Waals surface area (Å²) in [6.45, 7) is 10.1. The highest BCUT2D eigenvalue weighted by Crippen LogP contribution is 1.99. The summed E-state index contributed by atoms with van der Waals surface area (Å²) >= 11 is 0. The molecule has 0 spiro atoms. The van der Waals surface area contributed by atoms with Crippen LogP contribution in [0.4, 0.5) is 0 Å². The zero-order chi connectivity index (χ0) is 14.2. The number of nitrogens with two attached hydrogens (primary N) is 1. The Hall–Kier alpha value is -1.13. The van der Waals surface area contributed by atoms with Gasteiger partial charge in [-0.2, -0.15) is 0 Å². The molecule has 0 aromatic rings. The molecule has 106 valence electrons. The topological polar surface area (TPSA) is 64.3 Å². The average Bonchev–Trinajstić information content (AvgIpc) is 2.42. The molecule has 0 heterocycles. The van der Waals surface area contributed by atoms with Crippen molar-refractivity contribution in [3.8, 4) is 0 Å². The third-order valence-corrected chi connectivity index (χ3v) is 1.98. The predicted octanol–water partition coefficient (Wildman–Crippen LogP) is 2.02. The number of esters is 1. The molecule has 4 nitrogen and oxygen atoms in total. The molecule has 0 radical (unpaired) electrons. The third-order valence-electron chi connectivity index (χ3n) is 1.98. The zero-order valence-electron chi connectivity index (χ0n) is 12.2. The number of rotatable bonds is 8. The molecule has 0 amide bonds. The van der Waals surface area contributed by atoms with E-state index in [1.165, 1.54) is 0 Å². The van der Waals surface area contributed by atoms with E-state index in [9.17, 15) is 4.79 Å². The van der Waals surface area contributed by atoms with Crippen molar-refractivity contribution in [1.82, 2.24) is 5.32 Å². The van der Waals surface area contributed by atoms with Crippen molar-refractivity contribution >= 4 is 5.97 Å². The highest BCUT2D eigenvalue weighted by atomic mass is 16.5. The van der Waals surface area contributed by atoms with Crippen molar-refractivity contribution in [2.24, 2.45) is 5.73 Å². The van der Waals surface area contributed by atoms with Gasteiger partial charge >= 0.3 is 5.97 Å². The van der Waals surface area contributed by atoms with Gasteiger partial charge in [-0.25, -0.2) is 0 Å². The summed E-state index contributed by atoms with van der Waals surface area (Å²) in [5.41, 5.74) is 6.31. The first-order valence-corrected chi connectivity index (χ1v) is 6.58. The summed E-state index contributed by atoms with van der Waals surface area (Å²) in [5.74, 6) is -0.187. The molecular formula is C14H28N2O2. The van der Waals surface area contributed by atoms with E-state index in [1.807, 2.05) is 45.9 Å². The zero-order valence-corrected chi connectivity index (χ0v) is 12.2. The molecular weight excluding hydrogens is 228 g/mol. The molecule has 0 saturated carbocycles. The number of hydrogen-bond donors (Lipinski definition) is 2. The van der Waals surface area contributed by atoms with Gasteiger partial charge in [0.05, 0.1) is 6.42 Å². The second-order valence-electron chi connectivity index (χ2n) is 3.31. The van der Waals surface area contributed by atoms with Crippen molar-refractivity contribution in [3.05, 3.63) is 23.8 Å². The fourth-order valence-corrected chi connectivity index (χ4v) is 1.10. The highest BCUT2D eigenvalue weighted by molar-refractivity contribution is 5.69. The molecule has 0 fully saturated rings. The molecule has 3 N–H and O–H groups in total. The number of carbonyl (C=O) groups excluding carboxylic acids is 1. The first kappa shape index (κ1) is 19.2. The van der Waals surface area contributed by atoms with E-state index < -0.39 is 0 Å². The van der Waals surface area contributed by atoms with Gasteiger partial charge < -0.3 is 15.8 Å². The molecule has 0 aliphatic heterocycles. The fourth-order valence-electron chi connectivity index (χ4n) is 1.10. The Balaban J connectivity index is 0. The monoisotopic (exact) mass is 256 g/mol. The lowest BCUT2D eigenvalue weighted by atomic mass is 10.2. The lowest BCUT2D eigenvalue weighted by Crippen LogP contribution is -2.25. The Morgan fingerprint density at radius 2 is 1.94 bits per heavy atom. The third kappa shape index (κ3) is 12.9. The lowest BCUT2D eigenvalue weighted by molar-refractivity contribution is -0.142. The van der Waals surface area contributed by atoms with Crippen LogP contribution in [-0.4, -0.2) is 32.2 Å². The van der Waals surface area contributed by atoms with Crippen LogP contribution >= 0.6 is 0 Å². The largest absolute Gasteiger partial charge is 0.461 e. The number of allylic oxidation sites excluding steroid dienone is 2. The van der Waals surface area contributed by atoms with Crippen molar-refractivity contribution in [2.75, 3.05) is 26.2 Å². The second kappa shape index (κ2) is 15.9. The molecule has 0 saturated heterocycles. The first-order valence-electron chi connectivity index (χ1n) is 6.58.